The molecular formula is C9H8O2. The third-order valence-electron chi connectivity index (χ3n) is 1.33. The first-order valence-electron chi connectivity index (χ1n) is 3.35. The molecule has 0 aromatic carbocycles. The minimum atomic E-state index is -0.127. The lowest BCUT2D eigenvalue weighted by Crippen LogP contribution is -2.05. The van der Waals surface area contributed by atoms with Gasteiger partial charge in [-0.2, -0.15) is 0 Å². The summed E-state index contributed by atoms with van der Waals surface area (Å²) < 4.78 is 0. The summed E-state index contributed by atoms with van der Waals surface area (Å²) in [4.78, 5) is 21.7. The van der Waals surface area contributed by atoms with Gasteiger partial charge in [-0.15, -0.1) is 0 Å². The standard InChI is InChI=1S/C9H8O2/c1-2-3-7-6-8(10)4-5-9(7)11/h2-6H,1H3. The summed E-state index contributed by atoms with van der Waals surface area (Å²) in [7, 11) is 0. The number of carbonyl (C=O) groups is 2. The molecule has 0 unspecified atom stereocenters. The van der Waals surface area contributed by atoms with E-state index in [0.717, 1.165) is 0 Å². The fraction of sp³-hybridized carbons (Fsp3) is 0.111. The lowest BCUT2D eigenvalue weighted by molar-refractivity contribution is -0.114. The van der Waals surface area contributed by atoms with Gasteiger partial charge in [0.1, 0.15) is 0 Å². The van der Waals surface area contributed by atoms with E-state index in [9.17, 15) is 9.59 Å². The fourth-order valence-corrected chi connectivity index (χ4v) is 0.836. The summed E-state index contributed by atoms with van der Waals surface area (Å²) in [6.07, 6.45) is 7.26. The second-order valence-electron chi connectivity index (χ2n) is 2.20. The highest BCUT2D eigenvalue weighted by molar-refractivity contribution is 6.18. The zero-order chi connectivity index (χ0) is 8.27. The van der Waals surface area contributed by atoms with Crippen molar-refractivity contribution >= 4 is 11.6 Å². The van der Waals surface area contributed by atoms with Crippen molar-refractivity contribution in [1.82, 2.24) is 0 Å². The lowest BCUT2D eigenvalue weighted by atomic mass is 10.0. The Bertz CT molecular complexity index is 280. The van der Waals surface area contributed by atoms with E-state index in [0.29, 0.717) is 5.57 Å². The van der Waals surface area contributed by atoms with Crippen molar-refractivity contribution in [3.05, 3.63) is 36.0 Å². The van der Waals surface area contributed by atoms with Gasteiger partial charge >= 0.3 is 0 Å². The van der Waals surface area contributed by atoms with Crippen molar-refractivity contribution < 1.29 is 9.59 Å². The van der Waals surface area contributed by atoms with Crippen LogP contribution in [-0.2, 0) is 9.59 Å². The molecule has 1 aliphatic rings. The van der Waals surface area contributed by atoms with Gasteiger partial charge in [0.25, 0.3) is 0 Å². The highest BCUT2D eigenvalue weighted by Crippen LogP contribution is 2.05. The van der Waals surface area contributed by atoms with Crippen molar-refractivity contribution in [1.29, 1.82) is 0 Å². The van der Waals surface area contributed by atoms with E-state index < -0.39 is 0 Å². The topological polar surface area (TPSA) is 34.1 Å². The molecule has 0 N–H and O–H groups in total. The molecular weight excluding hydrogens is 140 g/mol. The highest BCUT2D eigenvalue weighted by atomic mass is 16.1. The van der Waals surface area contributed by atoms with Gasteiger partial charge in [-0.1, -0.05) is 12.2 Å². The molecule has 0 aromatic heterocycles. The van der Waals surface area contributed by atoms with Gasteiger partial charge in [0.15, 0.2) is 11.6 Å². The third kappa shape index (κ3) is 1.74. The van der Waals surface area contributed by atoms with Crippen molar-refractivity contribution in [3.63, 3.8) is 0 Å². The van der Waals surface area contributed by atoms with Crippen LogP contribution in [0.25, 0.3) is 0 Å². The van der Waals surface area contributed by atoms with Gasteiger partial charge in [0, 0.05) is 5.57 Å². The molecule has 0 aliphatic heterocycles. The van der Waals surface area contributed by atoms with Crippen LogP contribution in [0, 0.1) is 0 Å². The van der Waals surface area contributed by atoms with E-state index in [2.05, 4.69) is 0 Å². The van der Waals surface area contributed by atoms with E-state index in [1.54, 1.807) is 19.1 Å². The Balaban J connectivity index is 2.93. The Morgan fingerprint density at radius 2 is 2.00 bits per heavy atom. The van der Waals surface area contributed by atoms with Gasteiger partial charge < -0.3 is 0 Å². The van der Waals surface area contributed by atoms with E-state index in [1.807, 2.05) is 0 Å². The number of ketones is 2. The first-order chi connectivity index (χ1) is 5.24. The second-order valence-corrected chi connectivity index (χ2v) is 2.20. The fourth-order valence-electron chi connectivity index (χ4n) is 0.836. The Morgan fingerprint density at radius 3 is 2.64 bits per heavy atom. The molecule has 1 rings (SSSR count). The normalized spacial score (nSPS) is 17.7. The van der Waals surface area contributed by atoms with Crippen LogP contribution in [0.4, 0.5) is 0 Å². The van der Waals surface area contributed by atoms with E-state index in [1.165, 1.54) is 18.2 Å². The predicted molar refractivity (Wildman–Crippen MR) is 42.1 cm³/mol. The summed E-state index contributed by atoms with van der Waals surface area (Å²) >= 11 is 0. The molecule has 0 spiro atoms. The van der Waals surface area contributed by atoms with Crippen molar-refractivity contribution in [3.8, 4) is 0 Å². The Kier molecular flexibility index (Phi) is 2.16. The van der Waals surface area contributed by atoms with Crippen LogP contribution in [0.15, 0.2) is 36.0 Å². The predicted octanol–water partition coefficient (Wildman–Crippen LogP) is 1.20. The molecule has 0 aromatic rings. The molecule has 2 nitrogen and oxygen atoms in total. The van der Waals surface area contributed by atoms with Crippen molar-refractivity contribution in [2.45, 2.75) is 6.92 Å². The largest absolute Gasteiger partial charge is 0.290 e. The van der Waals surface area contributed by atoms with Crippen LogP contribution in [0.1, 0.15) is 6.92 Å². The summed E-state index contributed by atoms with van der Waals surface area (Å²) in [5, 5.41) is 0. The van der Waals surface area contributed by atoms with E-state index in [-0.39, 0.29) is 11.6 Å². The minimum Gasteiger partial charge on any atom is -0.290 e. The van der Waals surface area contributed by atoms with E-state index in [4.69, 9.17) is 0 Å². The average molecular weight is 148 g/mol. The Labute approximate surface area is 64.9 Å². The molecule has 1 aliphatic carbocycles. The highest BCUT2D eigenvalue weighted by Gasteiger charge is 2.08. The van der Waals surface area contributed by atoms with Crippen LogP contribution >= 0.6 is 0 Å². The van der Waals surface area contributed by atoms with Crippen LogP contribution in [-0.4, -0.2) is 11.6 Å². The molecule has 0 fully saturated rings. The molecule has 0 saturated heterocycles. The Hall–Kier alpha value is -1.44. The maximum atomic E-state index is 11.0. The maximum Gasteiger partial charge on any atom is 0.186 e. The Morgan fingerprint density at radius 1 is 1.27 bits per heavy atom. The molecule has 0 heterocycles. The van der Waals surface area contributed by atoms with Crippen LogP contribution in [0.3, 0.4) is 0 Å². The first-order valence-corrected chi connectivity index (χ1v) is 3.35. The zero-order valence-corrected chi connectivity index (χ0v) is 6.20. The van der Waals surface area contributed by atoms with Gasteiger partial charge in [0.05, 0.1) is 0 Å². The molecule has 0 atom stereocenters. The minimum absolute atomic E-state index is 0.109. The summed E-state index contributed by atoms with van der Waals surface area (Å²) in [6.45, 7) is 1.80. The number of hydrogen-bond donors (Lipinski definition) is 0. The average Bonchev–Trinajstić information content (AvgIpc) is 1.98. The number of carbonyl (C=O) groups excluding carboxylic acids is 2. The monoisotopic (exact) mass is 148 g/mol. The summed E-state index contributed by atoms with van der Waals surface area (Å²) in [5.74, 6) is -0.236. The van der Waals surface area contributed by atoms with Crippen LogP contribution < -0.4 is 0 Å². The summed E-state index contributed by atoms with van der Waals surface area (Å²) in [6, 6.07) is 0. The van der Waals surface area contributed by atoms with Gasteiger partial charge in [-0.3, -0.25) is 9.59 Å². The number of hydrogen-bond acceptors (Lipinski definition) is 2. The molecule has 0 radical (unpaired) electrons. The van der Waals surface area contributed by atoms with Gasteiger partial charge in [-0.05, 0) is 25.2 Å². The second kappa shape index (κ2) is 3.10. The maximum absolute atomic E-state index is 11.0. The number of allylic oxidation sites excluding steroid dienone is 6. The molecule has 11 heavy (non-hydrogen) atoms. The first kappa shape index (κ1) is 7.66. The quantitative estimate of drug-likeness (QED) is 0.523. The molecule has 56 valence electrons. The molecule has 2 heteroatoms. The van der Waals surface area contributed by atoms with Gasteiger partial charge in [-0.25, -0.2) is 0 Å². The summed E-state index contributed by atoms with van der Waals surface area (Å²) in [5.41, 5.74) is 0.458. The lowest BCUT2D eigenvalue weighted by Gasteiger charge is -1.99. The van der Waals surface area contributed by atoms with Gasteiger partial charge in [0.2, 0.25) is 0 Å². The smallest absolute Gasteiger partial charge is 0.186 e. The van der Waals surface area contributed by atoms with Crippen molar-refractivity contribution in [2.75, 3.05) is 0 Å². The van der Waals surface area contributed by atoms with E-state index >= 15 is 0 Å². The van der Waals surface area contributed by atoms with Crippen molar-refractivity contribution in [2.24, 2.45) is 0 Å². The van der Waals surface area contributed by atoms with Crippen LogP contribution in [0.2, 0.25) is 0 Å². The molecule has 0 saturated carbocycles. The third-order valence-corrected chi connectivity index (χ3v) is 1.33. The SMILES string of the molecule is CC=CC1=CC(=O)C=CC1=O. The molecule has 0 bridgehead atoms. The zero-order valence-electron chi connectivity index (χ0n) is 6.20. The number of rotatable bonds is 1. The van der Waals surface area contributed by atoms with Crippen LogP contribution in [0.5, 0.6) is 0 Å². The molecule has 0 amide bonds.